The molecule has 6 N–H and O–H groups in total. The van der Waals surface area contributed by atoms with Crippen molar-refractivity contribution < 1.29 is 19.4 Å². The molecule has 0 fully saturated rings. The molecule has 1 aromatic carbocycles. The Bertz CT molecular complexity index is 824. The lowest BCUT2D eigenvalue weighted by Crippen LogP contribution is -2.17. The van der Waals surface area contributed by atoms with E-state index in [4.69, 9.17) is 21.3 Å². The van der Waals surface area contributed by atoms with Gasteiger partial charge in [-0.3, -0.25) is 4.79 Å². The summed E-state index contributed by atoms with van der Waals surface area (Å²) in [5.74, 6) is -0.603. The number of benzene rings is 1. The lowest BCUT2D eigenvalue weighted by molar-refractivity contribution is -0.137. The van der Waals surface area contributed by atoms with Crippen molar-refractivity contribution in [3.05, 3.63) is 36.4 Å². The number of esters is 1. The van der Waals surface area contributed by atoms with E-state index < -0.39 is 12.6 Å². The molecule has 0 bridgehead atoms. The lowest BCUT2D eigenvalue weighted by Gasteiger charge is -2.06. The summed E-state index contributed by atoms with van der Waals surface area (Å²) >= 11 is 0. The highest BCUT2D eigenvalue weighted by Crippen LogP contribution is 2.30. The number of azo groups is 1. The normalized spacial score (nSPS) is 10.7. The first-order chi connectivity index (χ1) is 12.5. The van der Waals surface area contributed by atoms with Crippen molar-refractivity contribution in [3.8, 4) is 5.75 Å². The van der Waals surface area contributed by atoms with E-state index in [0.29, 0.717) is 0 Å². The first-order valence-electron chi connectivity index (χ1n) is 7.62. The molecular weight excluding hydrogens is 340 g/mol. The van der Waals surface area contributed by atoms with Gasteiger partial charge in [0.05, 0.1) is 0 Å². The van der Waals surface area contributed by atoms with Crippen LogP contribution in [-0.2, 0) is 9.59 Å². The molecule has 0 saturated carbocycles. The van der Waals surface area contributed by atoms with Crippen LogP contribution in [0.3, 0.4) is 0 Å². The fraction of sp³-hybridized carbons (Fsp3) is 0.188. The molecule has 2 rings (SSSR count). The second-order valence-electron chi connectivity index (χ2n) is 4.99. The number of carbonyl (C=O) groups is 2. The van der Waals surface area contributed by atoms with Crippen molar-refractivity contribution in [2.75, 3.05) is 24.2 Å². The second kappa shape index (κ2) is 9.20. The van der Waals surface area contributed by atoms with Gasteiger partial charge in [0.2, 0.25) is 5.91 Å². The molecule has 136 valence electrons. The molecule has 0 aliphatic heterocycles. The molecule has 1 amide bonds. The number of ether oxygens (including phenoxy) is 1. The van der Waals surface area contributed by atoms with Crippen LogP contribution < -0.4 is 21.5 Å². The maximum Gasteiger partial charge on any atom is 0.337 e. The van der Waals surface area contributed by atoms with Crippen LogP contribution in [-0.4, -0.2) is 35.1 Å². The Morgan fingerprint density at radius 3 is 2.58 bits per heavy atom. The molecule has 2 aromatic rings. The van der Waals surface area contributed by atoms with Crippen molar-refractivity contribution >= 4 is 34.9 Å². The number of nitrogen functional groups attached to an aromatic ring is 1. The largest absolute Gasteiger partial charge is 0.422 e. The zero-order valence-electron chi connectivity index (χ0n) is 13.8. The zero-order valence-corrected chi connectivity index (χ0v) is 13.8. The molecule has 1 aromatic heterocycles. The monoisotopic (exact) mass is 358 g/mol. The molecule has 0 atom stereocenters. The van der Waals surface area contributed by atoms with Gasteiger partial charge in [0.1, 0.15) is 23.8 Å². The molecule has 10 nitrogen and oxygen atoms in total. The van der Waals surface area contributed by atoms with E-state index in [2.05, 4.69) is 20.5 Å². The minimum absolute atomic E-state index is 0.0594. The molecule has 0 unspecified atom stereocenters. The number of rotatable bonds is 7. The summed E-state index contributed by atoms with van der Waals surface area (Å²) in [4.78, 5) is 26.7. The van der Waals surface area contributed by atoms with Crippen molar-refractivity contribution in [1.82, 2.24) is 4.98 Å². The van der Waals surface area contributed by atoms with E-state index >= 15 is 0 Å². The molecule has 26 heavy (non-hydrogen) atoms. The van der Waals surface area contributed by atoms with Crippen LogP contribution in [0.5, 0.6) is 5.75 Å². The smallest absolute Gasteiger partial charge is 0.337 e. The van der Waals surface area contributed by atoms with Gasteiger partial charge >= 0.3 is 5.97 Å². The predicted octanol–water partition coefficient (Wildman–Crippen LogP) is 1.26. The van der Waals surface area contributed by atoms with Gasteiger partial charge < -0.3 is 26.6 Å². The second-order valence-corrected chi connectivity index (χ2v) is 4.99. The van der Waals surface area contributed by atoms with Gasteiger partial charge in [-0.2, -0.15) is 0 Å². The Balaban J connectivity index is 2.16. The molecule has 0 radical (unpaired) electrons. The number of anilines is 2. The van der Waals surface area contributed by atoms with E-state index in [1.165, 1.54) is 18.2 Å². The Morgan fingerprint density at radius 2 is 1.88 bits per heavy atom. The Morgan fingerprint density at radius 1 is 1.15 bits per heavy atom. The highest BCUT2D eigenvalue weighted by molar-refractivity contribution is 5.90. The number of hydrogen-bond acceptors (Lipinski definition) is 9. The number of amides is 1. The fourth-order valence-electron chi connectivity index (χ4n) is 1.85. The summed E-state index contributed by atoms with van der Waals surface area (Å²) in [6.45, 7) is -0.520. The van der Waals surface area contributed by atoms with E-state index in [1.807, 2.05) is 0 Å². The number of hydrogen-bond donors (Lipinski definition) is 4. The Kier molecular flexibility index (Phi) is 6.71. The number of nitrogens with one attached hydrogen (secondary N) is 1. The number of carbonyl (C=O) groups excluding carboxylic acids is 2. The average molecular weight is 358 g/mol. The van der Waals surface area contributed by atoms with Crippen molar-refractivity contribution in [1.29, 1.82) is 0 Å². The quantitative estimate of drug-likeness (QED) is 0.328. The van der Waals surface area contributed by atoms with Gasteiger partial charge in [0.25, 0.3) is 0 Å². The van der Waals surface area contributed by atoms with Gasteiger partial charge in [0, 0.05) is 13.0 Å². The lowest BCUT2D eigenvalue weighted by atomic mass is 10.3. The van der Waals surface area contributed by atoms with Crippen LogP contribution >= 0.6 is 0 Å². The molecular formula is C16H18N6O4. The molecule has 10 heteroatoms. The molecule has 0 saturated heterocycles. The van der Waals surface area contributed by atoms with E-state index in [9.17, 15) is 9.59 Å². The third-order valence-electron chi connectivity index (χ3n) is 3.02. The van der Waals surface area contributed by atoms with Crippen molar-refractivity contribution in [3.63, 3.8) is 0 Å². The third-order valence-corrected chi connectivity index (χ3v) is 3.02. The Labute approximate surface area is 148 Å². The summed E-state index contributed by atoms with van der Waals surface area (Å²) in [6.07, 6.45) is 0.173. The van der Waals surface area contributed by atoms with E-state index in [-0.39, 0.29) is 47.6 Å². The van der Waals surface area contributed by atoms with Gasteiger partial charge in [0.15, 0.2) is 11.6 Å². The maximum absolute atomic E-state index is 11.5. The van der Waals surface area contributed by atoms with E-state index in [1.54, 1.807) is 18.2 Å². The van der Waals surface area contributed by atoms with E-state index in [0.717, 1.165) is 0 Å². The van der Waals surface area contributed by atoms with Gasteiger partial charge in [-0.05, 0) is 24.3 Å². The summed E-state index contributed by atoms with van der Waals surface area (Å²) in [7, 11) is 0. The Hall–Kier alpha value is -3.37. The molecule has 1 heterocycles. The summed E-state index contributed by atoms with van der Waals surface area (Å²) in [5.41, 5.74) is 11.7. The zero-order chi connectivity index (χ0) is 18.9. The number of aliphatic hydroxyl groups excluding tert-OH is 1. The van der Waals surface area contributed by atoms with Crippen LogP contribution in [0.15, 0.2) is 46.6 Å². The van der Waals surface area contributed by atoms with Gasteiger partial charge in [-0.25, -0.2) is 9.78 Å². The number of aromatic nitrogens is 1. The number of para-hydroxylation sites is 1. The van der Waals surface area contributed by atoms with Crippen LogP contribution in [0, 0.1) is 0 Å². The van der Waals surface area contributed by atoms with Crippen molar-refractivity contribution in [2.45, 2.75) is 6.42 Å². The highest BCUT2D eigenvalue weighted by atomic mass is 16.5. The van der Waals surface area contributed by atoms with Crippen molar-refractivity contribution in [2.24, 2.45) is 16.0 Å². The van der Waals surface area contributed by atoms with Crippen LogP contribution in [0.4, 0.5) is 23.0 Å². The molecule has 0 aliphatic rings. The third kappa shape index (κ3) is 5.33. The maximum atomic E-state index is 11.5. The summed E-state index contributed by atoms with van der Waals surface area (Å²) in [6, 6.07) is 9.48. The minimum atomic E-state index is -0.814. The standard InChI is InChI=1S/C16H18N6O4/c17-8-7-14(24)19-13-6-5-11(16(18)20-13)22-21-10-3-1-2-4-12(10)26-15(25)9-23/h1-6,23H,7-9,17H2,(H3,18,19,20,24)/b22-21+. The number of pyridine rings is 1. The SMILES string of the molecule is NCCC(=O)Nc1ccc(/N=N/c2ccccc2OC(=O)CO)c(N)n1. The van der Waals surface area contributed by atoms with Crippen LogP contribution in [0.2, 0.25) is 0 Å². The van der Waals surface area contributed by atoms with Crippen LogP contribution in [0.1, 0.15) is 6.42 Å². The predicted molar refractivity (Wildman–Crippen MR) is 94.3 cm³/mol. The van der Waals surface area contributed by atoms with Gasteiger partial charge in [-0.15, -0.1) is 10.2 Å². The first-order valence-corrected chi connectivity index (χ1v) is 7.62. The molecule has 0 spiro atoms. The van der Waals surface area contributed by atoms with Gasteiger partial charge in [-0.1, -0.05) is 12.1 Å². The summed E-state index contributed by atoms with van der Waals surface area (Å²) < 4.78 is 4.95. The molecule has 0 aliphatic carbocycles. The number of nitrogens with two attached hydrogens (primary N) is 2. The highest BCUT2D eigenvalue weighted by Gasteiger charge is 2.09. The summed E-state index contributed by atoms with van der Waals surface area (Å²) in [5, 5.41) is 19.3. The average Bonchev–Trinajstić information content (AvgIpc) is 2.62. The number of nitrogens with zero attached hydrogens (tertiary/aromatic N) is 3. The number of aliphatic hydroxyl groups is 1. The fourth-order valence-corrected chi connectivity index (χ4v) is 1.85. The van der Waals surface area contributed by atoms with Crippen LogP contribution in [0.25, 0.3) is 0 Å². The first kappa shape index (κ1) is 19.0. The minimum Gasteiger partial charge on any atom is -0.422 e. The topological polar surface area (TPSA) is 165 Å².